The van der Waals surface area contributed by atoms with Crippen LogP contribution in [0.3, 0.4) is 0 Å². The number of carbonyl (C=O) groups is 2. The fraction of sp³-hybridized carbons (Fsp3) is 0.351. The molecular weight excluding hydrogens is 565 g/mol. The average molecular weight is 610 g/mol. The van der Waals surface area contributed by atoms with E-state index in [0.717, 1.165) is 35.1 Å². The number of aromatic nitrogens is 2. The van der Waals surface area contributed by atoms with Gasteiger partial charge in [0.15, 0.2) is 0 Å². The van der Waals surface area contributed by atoms with E-state index < -0.39 is 11.6 Å². The van der Waals surface area contributed by atoms with Crippen LogP contribution in [0.15, 0.2) is 104 Å². The number of hydrogen-bond acceptors (Lipinski definition) is 4. The quantitative estimate of drug-likeness (QED) is 0.185. The molecule has 2 aromatic heterocycles. The second-order valence-electron chi connectivity index (χ2n) is 12.5. The lowest BCUT2D eigenvalue weighted by Crippen LogP contribution is -2.57. The number of urea groups is 1. The topological polar surface area (TPSA) is 78.4 Å². The third kappa shape index (κ3) is 10.2. The Labute approximate surface area is 266 Å². The van der Waals surface area contributed by atoms with Gasteiger partial charge in [0.25, 0.3) is 0 Å². The van der Waals surface area contributed by atoms with E-state index in [1.54, 1.807) is 48.9 Å². The van der Waals surface area contributed by atoms with Crippen LogP contribution >= 0.6 is 0 Å². The minimum absolute atomic E-state index is 0.167. The molecule has 0 aliphatic rings. The summed E-state index contributed by atoms with van der Waals surface area (Å²) in [6, 6.07) is 22.7. The monoisotopic (exact) mass is 609 g/mol. The molecule has 45 heavy (non-hydrogen) atoms. The van der Waals surface area contributed by atoms with Crippen molar-refractivity contribution in [2.45, 2.75) is 77.0 Å². The Kier molecular flexibility index (Phi) is 11.8. The Hall–Kier alpha value is -4.59. The molecule has 0 saturated heterocycles. The van der Waals surface area contributed by atoms with Gasteiger partial charge in [-0.3, -0.25) is 14.8 Å². The second kappa shape index (κ2) is 15.9. The zero-order valence-corrected chi connectivity index (χ0v) is 26.7. The summed E-state index contributed by atoms with van der Waals surface area (Å²) in [5.41, 5.74) is 3.60. The summed E-state index contributed by atoms with van der Waals surface area (Å²) in [5.74, 6) is -0.503. The zero-order chi connectivity index (χ0) is 32.2. The van der Waals surface area contributed by atoms with Gasteiger partial charge in [0, 0.05) is 56.4 Å². The van der Waals surface area contributed by atoms with Gasteiger partial charge in [-0.05, 0) is 105 Å². The van der Waals surface area contributed by atoms with Gasteiger partial charge in [-0.25, -0.2) is 9.18 Å². The first-order valence-corrected chi connectivity index (χ1v) is 15.5. The van der Waals surface area contributed by atoms with Gasteiger partial charge >= 0.3 is 6.03 Å². The number of pyridine rings is 2. The number of aryl methyl sites for hydroxylation is 2. The van der Waals surface area contributed by atoms with Crippen molar-refractivity contribution in [1.29, 1.82) is 0 Å². The largest absolute Gasteiger partial charge is 0.334 e. The Morgan fingerprint density at radius 1 is 0.756 bits per heavy atom. The van der Waals surface area contributed by atoms with E-state index in [9.17, 15) is 14.0 Å². The molecule has 0 aliphatic carbocycles. The highest BCUT2D eigenvalue weighted by atomic mass is 19.1. The molecular formula is C37H44FN5O2. The first-order valence-electron chi connectivity index (χ1n) is 15.5. The lowest BCUT2D eigenvalue weighted by atomic mass is 9.96. The average Bonchev–Trinajstić information content (AvgIpc) is 3.05. The van der Waals surface area contributed by atoms with E-state index in [4.69, 9.17) is 0 Å². The van der Waals surface area contributed by atoms with Gasteiger partial charge in [-0.1, -0.05) is 42.5 Å². The molecule has 2 heterocycles. The lowest BCUT2D eigenvalue weighted by Gasteiger charge is -2.37. The van der Waals surface area contributed by atoms with Gasteiger partial charge in [-0.15, -0.1) is 0 Å². The van der Waals surface area contributed by atoms with Crippen LogP contribution in [0.1, 0.15) is 55.9 Å². The van der Waals surface area contributed by atoms with Crippen molar-refractivity contribution in [3.05, 3.63) is 132 Å². The van der Waals surface area contributed by atoms with E-state index in [2.05, 4.69) is 15.3 Å². The maximum absolute atomic E-state index is 14.8. The number of nitrogens with one attached hydrogen (secondary N) is 1. The number of nitrogens with zero attached hydrogens (tertiary/aromatic N) is 4. The normalized spacial score (nSPS) is 12.0. The molecule has 8 heteroatoms. The molecule has 1 N–H and O–H groups in total. The standard InChI is InChI=1S/C37H44FN5O2/c1-37(2,3)42(4)36(45)41-34(26-30-8-6-5-7-9-30)35(44)43(27-31-10-14-32(38)15-11-31)33(16-12-28-18-22-39-23-19-28)17-13-29-20-24-40-25-21-29/h5-11,14-15,18-25,33-34H,12-13,16-17,26-27H2,1-4H3,(H,41,45). The number of rotatable bonds is 13. The third-order valence-corrected chi connectivity index (χ3v) is 8.21. The molecule has 0 aliphatic heterocycles. The number of amides is 3. The van der Waals surface area contributed by atoms with Gasteiger partial charge < -0.3 is 15.1 Å². The second-order valence-corrected chi connectivity index (χ2v) is 12.5. The highest BCUT2D eigenvalue weighted by Gasteiger charge is 2.33. The summed E-state index contributed by atoms with van der Waals surface area (Å²) < 4.78 is 13.9. The highest BCUT2D eigenvalue weighted by molar-refractivity contribution is 5.87. The summed E-state index contributed by atoms with van der Waals surface area (Å²) in [6.07, 6.45) is 10.4. The molecule has 1 atom stereocenters. The van der Waals surface area contributed by atoms with Crippen LogP contribution in [-0.4, -0.2) is 56.4 Å². The van der Waals surface area contributed by atoms with E-state index in [1.807, 2.05) is 80.3 Å². The molecule has 1 unspecified atom stereocenters. The first-order chi connectivity index (χ1) is 21.6. The molecule has 0 spiro atoms. The molecule has 3 amide bonds. The Balaban J connectivity index is 1.71. The van der Waals surface area contributed by atoms with Crippen LogP contribution < -0.4 is 5.32 Å². The fourth-order valence-corrected chi connectivity index (χ4v) is 5.20. The molecule has 7 nitrogen and oxygen atoms in total. The molecule has 2 aromatic carbocycles. The molecule has 4 rings (SSSR count). The third-order valence-electron chi connectivity index (χ3n) is 8.21. The number of carbonyl (C=O) groups excluding carboxylic acids is 2. The van der Waals surface area contributed by atoms with E-state index in [0.29, 0.717) is 19.3 Å². The van der Waals surface area contributed by atoms with Crippen LogP contribution in [0, 0.1) is 5.82 Å². The highest BCUT2D eigenvalue weighted by Crippen LogP contribution is 2.22. The van der Waals surface area contributed by atoms with E-state index in [-0.39, 0.29) is 30.3 Å². The summed E-state index contributed by atoms with van der Waals surface area (Å²) in [7, 11) is 1.74. The van der Waals surface area contributed by atoms with Crippen LogP contribution in [0.25, 0.3) is 0 Å². The zero-order valence-electron chi connectivity index (χ0n) is 26.7. The number of halogens is 1. The predicted octanol–water partition coefficient (Wildman–Crippen LogP) is 6.63. The molecule has 4 aromatic rings. The SMILES string of the molecule is CN(C(=O)NC(Cc1ccccc1)C(=O)N(Cc1ccc(F)cc1)C(CCc1ccncc1)CCc1ccncc1)C(C)(C)C. The molecule has 0 saturated carbocycles. The van der Waals surface area contributed by atoms with E-state index >= 15 is 0 Å². The van der Waals surface area contributed by atoms with Crippen molar-refractivity contribution < 1.29 is 14.0 Å². The van der Waals surface area contributed by atoms with Crippen molar-refractivity contribution in [2.75, 3.05) is 7.05 Å². The maximum Gasteiger partial charge on any atom is 0.318 e. The van der Waals surface area contributed by atoms with Crippen LogP contribution in [0.2, 0.25) is 0 Å². The first kappa shape index (κ1) is 33.3. The van der Waals surface area contributed by atoms with Gasteiger partial charge in [0.2, 0.25) is 5.91 Å². The van der Waals surface area contributed by atoms with Crippen LogP contribution in [-0.2, 0) is 30.6 Å². The fourth-order valence-electron chi connectivity index (χ4n) is 5.20. The Morgan fingerprint density at radius 2 is 1.29 bits per heavy atom. The van der Waals surface area contributed by atoms with Crippen molar-refractivity contribution in [3.8, 4) is 0 Å². The Bertz CT molecular complexity index is 1440. The smallest absolute Gasteiger partial charge is 0.318 e. The minimum Gasteiger partial charge on any atom is -0.334 e. The van der Waals surface area contributed by atoms with Crippen molar-refractivity contribution >= 4 is 11.9 Å². The summed E-state index contributed by atoms with van der Waals surface area (Å²) in [6.45, 7) is 6.15. The maximum atomic E-state index is 14.8. The van der Waals surface area contributed by atoms with E-state index in [1.165, 1.54) is 12.1 Å². The molecule has 0 radical (unpaired) electrons. The lowest BCUT2D eigenvalue weighted by molar-refractivity contribution is -0.136. The van der Waals surface area contributed by atoms with Gasteiger partial charge in [0.1, 0.15) is 11.9 Å². The number of benzene rings is 2. The minimum atomic E-state index is -0.811. The predicted molar refractivity (Wildman–Crippen MR) is 176 cm³/mol. The molecule has 236 valence electrons. The Morgan fingerprint density at radius 3 is 1.80 bits per heavy atom. The van der Waals surface area contributed by atoms with Gasteiger partial charge in [0.05, 0.1) is 0 Å². The van der Waals surface area contributed by atoms with Crippen molar-refractivity contribution in [1.82, 2.24) is 25.1 Å². The molecule has 0 fully saturated rings. The summed E-state index contributed by atoms with van der Waals surface area (Å²) in [4.78, 5) is 40.1. The van der Waals surface area contributed by atoms with Crippen LogP contribution in [0.4, 0.5) is 9.18 Å². The van der Waals surface area contributed by atoms with Crippen molar-refractivity contribution in [3.63, 3.8) is 0 Å². The van der Waals surface area contributed by atoms with Gasteiger partial charge in [-0.2, -0.15) is 0 Å². The van der Waals surface area contributed by atoms with Crippen molar-refractivity contribution in [2.24, 2.45) is 0 Å². The summed E-state index contributed by atoms with van der Waals surface area (Å²) >= 11 is 0. The summed E-state index contributed by atoms with van der Waals surface area (Å²) in [5, 5.41) is 3.07. The van der Waals surface area contributed by atoms with Crippen LogP contribution in [0.5, 0.6) is 0 Å². The molecule has 0 bridgehead atoms. The number of hydrogen-bond donors (Lipinski definition) is 1.